The van der Waals surface area contributed by atoms with Crippen molar-refractivity contribution in [2.45, 2.75) is 116 Å². The molecule has 0 saturated carbocycles. The molecule has 0 aromatic rings. The maximum Gasteiger partial charge on any atom is 1.00 e. The largest absolute Gasteiger partial charge is 1.00 e. The molecule has 0 radical (unpaired) electrons. The Morgan fingerprint density at radius 1 is 0.840 bits per heavy atom. The van der Waals surface area contributed by atoms with Crippen LogP contribution in [0.15, 0.2) is 0 Å². The third-order valence-electron chi connectivity index (χ3n) is 4.29. The minimum absolute atomic E-state index is 0. The second-order valence-corrected chi connectivity index (χ2v) is 8.78. The van der Waals surface area contributed by atoms with Gasteiger partial charge in [0.15, 0.2) is 0 Å². The third kappa shape index (κ3) is 22.8. The van der Waals surface area contributed by atoms with Gasteiger partial charge in [-0.25, -0.2) is 0 Å². The Bertz CT molecular complexity index is 378. The summed E-state index contributed by atoms with van der Waals surface area (Å²) in [6.45, 7) is 6.17. The van der Waals surface area contributed by atoms with Crippen LogP contribution in [0.1, 0.15) is 106 Å². The molecule has 0 aliphatic rings. The van der Waals surface area contributed by atoms with Crippen LogP contribution in [-0.4, -0.2) is 30.9 Å². The summed E-state index contributed by atoms with van der Waals surface area (Å²) in [4.78, 5) is 0. The van der Waals surface area contributed by atoms with Gasteiger partial charge in [-0.15, -0.1) is 0 Å². The van der Waals surface area contributed by atoms with Crippen molar-refractivity contribution >= 4 is 10.1 Å². The first kappa shape index (κ1) is 28.1. The Balaban J connectivity index is -0.00000264. The van der Waals surface area contributed by atoms with Crippen molar-refractivity contribution in [3.63, 3.8) is 0 Å². The number of rotatable bonds is 17. The van der Waals surface area contributed by atoms with Gasteiger partial charge >= 0.3 is 29.6 Å². The van der Waals surface area contributed by atoms with Gasteiger partial charge in [0, 0.05) is 0 Å². The molecule has 0 rings (SSSR count). The van der Waals surface area contributed by atoms with E-state index in [0.29, 0.717) is 6.42 Å². The van der Waals surface area contributed by atoms with E-state index in [9.17, 15) is 8.42 Å². The molecule has 0 fully saturated rings. The van der Waals surface area contributed by atoms with Crippen LogP contribution in [0.5, 0.6) is 0 Å². The number of unbranched alkanes of at least 4 members (excludes halogenated alkanes) is 10. The fourth-order valence-electron chi connectivity index (χ4n) is 2.98. The Hall–Kier alpha value is 0.870. The summed E-state index contributed by atoms with van der Waals surface area (Å²) in [6.07, 6.45) is 15.6. The summed E-state index contributed by atoms with van der Waals surface area (Å²) in [5.41, 5.74) is 0. The summed E-state index contributed by atoms with van der Waals surface area (Å²) >= 11 is 0. The van der Waals surface area contributed by atoms with Crippen LogP contribution in [0.2, 0.25) is 0 Å². The molecule has 0 aromatic heterocycles. The van der Waals surface area contributed by atoms with E-state index in [1.807, 2.05) is 13.8 Å². The van der Waals surface area contributed by atoms with Crippen molar-refractivity contribution in [1.29, 1.82) is 0 Å². The summed E-state index contributed by atoms with van der Waals surface area (Å²) < 4.78 is 36.4. The molecule has 0 amide bonds. The van der Waals surface area contributed by atoms with Crippen LogP contribution in [-0.2, 0) is 14.9 Å². The van der Waals surface area contributed by atoms with Crippen LogP contribution < -0.4 is 29.6 Å². The van der Waals surface area contributed by atoms with Crippen molar-refractivity contribution in [3.05, 3.63) is 0 Å². The molecular weight excluding hydrogens is 347 g/mol. The molecule has 6 heteroatoms. The van der Waals surface area contributed by atoms with Gasteiger partial charge in [-0.2, -0.15) is 8.42 Å². The molecule has 0 aliphatic heterocycles. The van der Waals surface area contributed by atoms with E-state index in [1.165, 1.54) is 64.2 Å². The molecule has 4 nitrogen and oxygen atoms in total. The minimum Gasteiger partial charge on any atom is -1.00 e. The van der Waals surface area contributed by atoms with Crippen molar-refractivity contribution in [3.8, 4) is 0 Å². The normalized spacial score (nSPS) is 13.0. The predicted molar refractivity (Wildman–Crippen MR) is 103 cm³/mol. The Morgan fingerprint density at radius 2 is 1.28 bits per heavy atom. The molecule has 148 valence electrons. The van der Waals surface area contributed by atoms with E-state index in [2.05, 4.69) is 6.92 Å². The Labute approximate surface area is 180 Å². The summed E-state index contributed by atoms with van der Waals surface area (Å²) in [5, 5.41) is 0. The maximum absolute atomic E-state index is 10.9. The van der Waals surface area contributed by atoms with E-state index in [-0.39, 0.29) is 48.9 Å². The molecule has 0 heterocycles. The zero-order chi connectivity index (χ0) is 18.3. The molecule has 0 bridgehead atoms. The van der Waals surface area contributed by atoms with Crippen molar-refractivity contribution < 1.29 is 48.7 Å². The van der Waals surface area contributed by atoms with E-state index in [0.717, 1.165) is 12.8 Å². The fraction of sp³-hybridized carbons (Fsp3) is 1.00. The molecule has 0 spiro atoms. The van der Waals surface area contributed by atoms with Crippen LogP contribution in [0, 0.1) is 0 Å². The summed E-state index contributed by atoms with van der Waals surface area (Å²) in [5.74, 6) is -0.206. The fourth-order valence-corrected chi connectivity index (χ4v) is 3.54. The van der Waals surface area contributed by atoms with E-state index in [4.69, 9.17) is 9.29 Å². The topological polar surface area (TPSA) is 63.6 Å². The molecule has 25 heavy (non-hydrogen) atoms. The van der Waals surface area contributed by atoms with E-state index < -0.39 is 10.1 Å². The van der Waals surface area contributed by atoms with Gasteiger partial charge in [0.1, 0.15) is 0 Å². The number of hydrogen-bond donors (Lipinski definition) is 1. The van der Waals surface area contributed by atoms with Gasteiger partial charge in [0.05, 0.1) is 18.0 Å². The zero-order valence-electron chi connectivity index (χ0n) is 18.1. The van der Waals surface area contributed by atoms with Crippen molar-refractivity contribution in [1.82, 2.24) is 0 Å². The van der Waals surface area contributed by atoms with Gasteiger partial charge in [-0.05, 0) is 26.7 Å². The monoisotopic (exact) mass is 388 g/mol. The first-order valence-electron chi connectivity index (χ1n) is 9.95. The van der Waals surface area contributed by atoms with E-state index in [1.54, 1.807) is 0 Å². The number of hydrogen-bond acceptors (Lipinski definition) is 3. The quantitative estimate of drug-likeness (QED) is 0.236. The summed E-state index contributed by atoms with van der Waals surface area (Å²) in [7, 11) is -3.89. The minimum atomic E-state index is -3.89. The van der Waals surface area contributed by atoms with E-state index >= 15 is 0 Å². The van der Waals surface area contributed by atoms with Crippen molar-refractivity contribution in [2.24, 2.45) is 0 Å². The molecular formula is C19H41NaO4S. The van der Waals surface area contributed by atoms with Gasteiger partial charge in [0.2, 0.25) is 0 Å². The third-order valence-corrected chi connectivity index (χ3v) is 5.04. The van der Waals surface area contributed by atoms with Crippen LogP contribution in [0.25, 0.3) is 0 Å². The first-order chi connectivity index (χ1) is 11.3. The average Bonchev–Trinajstić information content (AvgIpc) is 2.48. The van der Waals surface area contributed by atoms with Crippen LogP contribution in [0.4, 0.5) is 0 Å². The first-order valence-corrected chi connectivity index (χ1v) is 11.6. The molecule has 0 saturated heterocycles. The number of ether oxygens (including phenoxy) is 1. The second kappa shape index (κ2) is 18.2. The smallest absolute Gasteiger partial charge is 1.00 e. The van der Waals surface area contributed by atoms with Crippen molar-refractivity contribution in [2.75, 3.05) is 5.75 Å². The molecule has 1 atom stereocenters. The zero-order valence-corrected chi connectivity index (χ0v) is 20.0. The molecule has 0 aromatic carbocycles. The van der Waals surface area contributed by atoms with Gasteiger partial charge in [-0.1, -0.05) is 77.6 Å². The SMILES string of the molecule is CCCCCCCCCCCCCC(CCS(=O)(=O)O)OC(C)C.[H-].[Na+]. The molecule has 1 unspecified atom stereocenters. The van der Waals surface area contributed by atoms with Gasteiger partial charge in [0.25, 0.3) is 10.1 Å². The molecule has 1 N–H and O–H groups in total. The second-order valence-electron chi connectivity index (χ2n) is 7.21. The van der Waals surface area contributed by atoms with Crippen LogP contribution in [0.3, 0.4) is 0 Å². The van der Waals surface area contributed by atoms with Crippen LogP contribution >= 0.6 is 0 Å². The summed E-state index contributed by atoms with van der Waals surface area (Å²) in [6, 6.07) is 0. The van der Waals surface area contributed by atoms with Gasteiger partial charge in [-0.3, -0.25) is 4.55 Å². The molecule has 0 aliphatic carbocycles. The maximum atomic E-state index is 10.9. The Morgan fingerprint density at radius 3 is 1.68 bits per heavy atom. The predicted octanol–water partition coefficient (Wildman–Crippen LogP) is 2.88. The standard InChI is InChI=1S/C19H40O4S.Na.H/c1-4-5-6-7-8-9-10-11-12-13-14-15-19(23-18(2)3)16-17-24(20,21)22;;/h18-19H,4-17H2,1-3H3,(H,20,21,22);;/q;+1;-1. The Kier molecular flexibility index (Phi) is 20.5. The average molecular weight is 389 g/mol. The van der Waals surface area contributed by atoms with Gasteiger partial charge < -0.3 is 6.16 Å².